The molecule has 0 aliphatic rings. The quantitative estimate of drug-likeness (QED) is 0.316. The van der Waals surface area contributed by atoms with Crippen LogP contribution in [0.25, 0.3) is 10.9 Å². The van der Waals surface area contributed by atoms with Crippen LogP contribution in [-0.4, -0.2) is 63.7 Å². The molecule has 1 aromatic carbocycles. The predicted molar refractivity (Wildman–Crippen MR) is 142 cm³/mol. The number of rotatable bonds is 4. The van der Waals surface area contributed by atoms with Gasteiger partial charge in [-0.2, -0.15) is 4.90 Å². The number of carbonyl (C=O) groups excluding carboxylic acids is 4. The van der Waals surface area contributed by atoms with Crippen molar-refractivity contribution in [3.8, 4) is 0 Å². The number of amides is 2. The van der Waals surface area contributed by atoms with E-state index in [0.717, 1.165) is 7.11 Å². The summed E-state index contributed by atoms with van der Waals surface area (Å²) in [5.74, 6) is -0.879. The molecule has 0 fully saturated rings. The van der Waals surface area contributed by atoms with E-state index in [1.807, 2.05) is 0 Å². The summed E-state index contributed by atoms with van der Waals surface area (Å²) in [7, 11) is 1.14. The monoisotopic (exact) mass is 533 g/mol. The Hall–Kier alpha value is -3.76. The Kier molecular flexibility index (Phi) is 8.76. The first kappa shape index (κ1) is 30.5. The molecule has 0 saturated carbocycles. The van der Waals surface area contributed by atoms with Gasteiger partial charge in [-0.3, -0.25) is 4.57 Å². The molecule has 11 heteroatoms. The first-order chi connectivity index (χ1) is 17.2. The van der Waals surface area contributed by atoms with E-state index in [1.165, 1.54) is 10.8 Å². The lowest BCUT2D eigenvalue weighted by molar-refractivity contribution is -0.146. The number of esters is 1. The van der Waals surface area contributed by atoms with Crippen molar-refractivity contribution in [1.29, 1.82) is 0 Å². The number of anilines is 1. The summed E-state index contributed by atoms with van der Waals surface area (Å²) in [6.45, 7) is 15.0. The molecule has 38 heavy (non-hydrogen) atoms. The zero-order valence-corrected chi connectivity index (χ0v) is 23.8. The second kappa shape index (κ2) is 10.9. The van der Waals surface area contributed by atoms with E-state index >= 15 is 0 Å². The van der Waals surface area contributed by atoms with Gasteiger partial charge in [-0.25, -0.2) is 19.2 Å². The van der Waals surface area contributed by atoms with Crippen molar-refractivity contribution in [2.45, 2.75) is 91.6 Å². The number of methoxy groups -OCH3 is 1. The fourth-order valence-electron chi connectivity index (χ4n) is 3.51. The number of nitrogen functional groups attached to an aromatic ring is 1. The smallest absolute Gasteiger partial charge is 0.420 e. The van der Waals surface area contributed by atoms with Gasteiger partial charge in [0.25, 0.3) is 0 Å². The molecule has 0 aliphatic carbocycles. The Labute approximate surface area is 223 Å². The number of aromatic nitrogens is 1. The van der Waals surface area contributed by atoms with Gasteiger partial charge >= 0.3 is 24.2 Å². The first-order valence-electron chi connectivity index (χ1n) is 12.2. The van der Waals surface area contributed by atoms with Crippen molar-refractivity contribution in [2.24, 2.45) is 0 Å². The summed E-state index contributed by atoms with van der Waals surface area (Å²) in [4.78, 5) is 53.0. The van der Waals surface area contributed by atoms with Gasteiger partial charge in [-0.1, -0.05) is 6.07 Å². The number of hydrogen-bond acceptors (Lipinski definition) is 9. The number of nitrogens with zero attached hydrogens (tertiary/aromatic N) is 2. The highest BCUT2D eigenvalue weighted by Crippen LogP contribution is 2.28. The summed E-state index contributed by atoms with van der Waals surface area (Å²) >= 11 is 0. The number of hydrogen-bond donors (Lipinski definition) is 1. The minimum Gasteiger partial charge on any atom is -0.467 e. The van der Waals surface area contributed by atoms with Crippen LogP contribution in [0.1, 0.15) is 67.9 Å². The maximum absolute atomic E-state index is 13.2. The van der Waals surface area contributed by atoms with E-state index < -0.39 is 47.1 Å². The van der Waals surface area contributed by atoms with Crippen molar-refractivity contribution in [3.63, 3.8) is 0 Å². The zero-order chi connectivity index (χ0) is 29.2. The summed E-state index contributed by atoms with van der Waals surface area (Å²) in [6, 6.07) is 3.44. The summed E-state index contributed by atoms with van der Waals surface area (Å²) < 4.78 is 22.6. The molecule has 1 atom stereocenters. The van der Waals surface area contributed by atoms with Crippen LogP contribution in [0.2, 0.25) is 0 Å². The van der Waals surface area contributed by atoms with Crippen LogP contribution >= 0.6 is 0 Å². The molecule has 0 saturated heterocycles. The largest absolute Gasteiger partial charge is 0.467 e. The molecule has 1 aromatic heterocycles. The standard InChI is InChI=1S/C27H39N3O8/c1-25(2,3)36-22(32)29-15-16(18-12-11-17(28)14-19(18)29)13-20(21(31)35-10)30(23(33)37-26(4,5)6)24(34)38-27(7,8)9/h11-12,14-15,20H,13,28H2,1-10H3/t20-/m1/s1. The first-order valence-corrected chi connectivity index (χ1v) is 12.2. The highest BCUT2D eigenvalue weighted by atomic mass is 16.6. The van der Waals surface area contributed by atoms with E-state index in [9.17, 15) is 19.2 Å². The lowest BCUT2D eigenvalue weighted by atomic mass is 10.0. The molecule has 1 heterocycles. The average molecular weight is 534 g/mol. The van der Waals surface area contributed by atoms with Crippen LogP contribution in [0.5, 0.6) is 0 Å². The Balaban J connectivity index is 2.66. The molecule has 0 radical (unpaired) electrons. The Morgan fingerprint density at radius 1 is 0.868 bits per heavy atom. The highest BCUT2D eigenvalue weighted by Gasteiger charge is 2.41. The van der Waals surface area contributed by atoms with Crippen LogP contribution in [-0.2, 0) is 30.2 Å². The molecule has 0 unspecified atom stereocenters. The van der Waals surface area contributed by atoms with Gasteiger partial charge < -0.3 is 24.7 Å². The number of nitrogens with two attached hydrogens (primary N) is 1. The van der Waals surface area contributed by atoms with Gasteiger partial charge in [-0.05, 0) is 80.0 Å². The lowest BCUT2D eigenvalue weighted by Gasteiger charge is -2.32. The Morgan fingerprint density at radius 2 is 1.37 bits per heavy atom. The second-order valence-electron chi connectivity index (χ2n) is 11.9. The molecule has 11 nitrogen and oxygen atoms in total. The van der Waals surface area contributed by atoms with Crippen LogP contribution in [0, 0.1) is 0 Å². The minimum absolute atomic E-state index is 0.207. The maximum Gasteiger partial charge on any atom is 0.420 e. The normalized spacial score (nSPS) is 13.0. The van der Waals surface area contributed by atoms with Crippen LogP contribution < -0.4 is 5.73 Å². The third-order valence-electron chi connectivity index (χ3n) is 4.88. The molecule has 2 N–H and O–H groups in total. The molecule has 0 spiro atoms. The fraction of sp³-hybridized carbons (Fsp3) is 0.556. The van der Waals surface area contributed by atoms with Gasteiger partial charge in [0.05, 0.1) is 12.6 Å². The molecular weight excluding hydrogens is 494 g/mol. The van der Waals surface area contributed by atoms with Crippen LogP contribution in [0.15, 0.2) is 24.4 Å². The second-order valence-corrected chi connectivity index (χ2v) is 11.9. The van der Waals surface area contributed by atoms with Crippen molar-refractivity contribution >= 4 is 40.8 Å². The number of imide groups is 1. The SMILES string of the molecule is COC(=O)[C@@H](Cc1cn(C(=O)OC(C)(C)C)c2cc(N)ccc12)N(C(=O)OC(C)(C)C)C(=O)OC(C)(C)C. The highest BCUT2D eigenvalue weighted by molar-refractivity contribution is 5.96. The van der Waals surface area contributed by atoms with E-state index in [1.54, 1.807) is 80.5 Å². The topological polar surface area (TPSA) is 139 Å². The molecule has 2 rings (SSSR count). The van der Waals surface area contributed by atoms with E-state index in [2.05, 4.69) is 0 Å². The molecule has 0 aliphatic heterocycles. The number of fused-ring (bicyclic) bond motifs is 1. The minimum atomic E-state index is -1.47. The van der Waals surface area contributed by atoms with Crippen molar-refractivity contribution in [1.82, 2.24) is 9.47 Å². The molecular formula is C27H39N3O8. The fourth-order valence-corrected chi connectivity index (χ4v) is 3.51. The maximum atomic E-state index is 13.2. The van der Waals surface area contributed by atoms with Crippen molar-refractivity contribution in [3.05, 3.63) is 30.0 Å². The zero-order valence-electron chi connectivity index (χ0n) is 23.8. The number of ether oxygens (including phenoxy) is 4. The van der Waals surface area contributed by atoms with Crippen molar-refractivity contribution < 1.29 is 38.1 Å². The molecule has 2 aromatic rings. The van der Waals surface area contributed by atoms with Gasteiger partial charge in [0.2, 0.25) is 0 Å². The number of carbonyl (C=O) groups is 4. The Bertz CT molecular complexity index is 1180. The molecule has 210 valence electrons. The summed E-state index contributed by atoms with van der Waals surface area (Å²) in [6.07, 6.45) is -1.55. The van der Waals surface area contributed by atoms with E-state index in [-0.39, 0.29) is 6.42 Å². The van der Waals surface area contributed by atoms with E-state index in [0.29, 0.717) is 27.1 Å². The average Bonchev–Trinajstić information content (AvgIpc) is 3.06. The van der Waals surface area contributed by atoms with Gasteiger partial charge in [0, 0.05) is 23.7 Å². The van der Waals surface area contributed by atoms with Crippen LogP contribution in [0.3, 0.4) is 0 Å². The van der Waals surface area contributed by atoms with Gasteiger partial charge in [0.1, 0.15) is 22.8 Å². The lowest BCUT2D eigenvalue weighted by Crippen LogP contribution is -2.53. The van der Waals surface area contributed by atoms with Gasteiger partial charge in [0.15, 0.2) is 0 Å². The van der Waals surface area contributed by atoms with Gasteiger partial charge in [-0.15, -0.1) is 0 Å². The summed E-state index contributed by atoms with van der Waals surface area (Å²) in [5, 5.41) is 0.562. The van der Waals surface area contributed by atoms with Crippen LogP contribution in [0.4, 0.5) is 20.1 Å². The number of benzene rings is 1. The predicted octanol–water partition coefficient (Wildman–Crippen LogP) is 5.26. The van der Waals surface area contributed by atoms with Crippen molar-refractivity contribution in [2.75, 3.05) is 12.8 Å². The third-order valence-corrected chi connectivity index (χ3v) is 4.88. The third kappa shape index (κ3) is 8.12. The molecule has 2 amide bonds. The van der Waals surface area contributed by atoms with E-state index in [4.69, 9.17) is 24.7 Å². The molecule has 0 bridgehead atoms. The summed E-state index contributed by atoms with van der Waals surface area (Å²) in [5.41, 5.74) is 4.55. The Morgan fingerprint density at radius 3 is 1.82 bits per heavy atom.